The summed E-state index contributed by atoms with van der Waals surface area (Å²) < 4.78 is 0. The number of likely N-dealkylation sites (N-methyl/N-ethyl adjacent to an activating group) is 1. The van der Waals surface area contributed by atoms with Gasteiger partial charge >= 0.3 is 5.91 Å². The molecule has 0 aliphatic carbocycles. The summed E-state index contributed by atoms with van der Waals surface area (Å²) in [5.41, 5.74) is -2.30. The van der Waals surface area contributed by atoms with Crippen molar-refractivity contribution in [3.05, 3.63) is 53.6 Å². The van der Waals surface area contributed by atoms with Crippen LogP contribution in [-0.4, -0.2) is 49.4 Å². The number of hydrogen-bond acceptors (Lipinski definition) is 7. The van der Waals surface area contributed by atoms with Gasteiger partial charge in [0.25, 0.3) is 0 Å². The Morgan fingerprint density at radius 3 is 2.16 bits per heavy atom. The number of aliphatic hydroxyl groups is 1. The third-order valence-electron chi connectivity index (χ3n) is 3.78. The summed E-state index contributed by atoms with van der Waals surface area (Å²) in [5, 5.41) is 49.6. The first-order valence-corrected chi connectivity index (χ1v) is 7.20. The average molecular weight is 347 g/mol. The number of phenols is 3. The largest absolute Gasteiger partial charge is 0.504 e. The van der Waals surface area contributed by atoms with Crippen molar-refractivity contribution in [3.63, 3.8) is 0 Å². The van der Waals surface area contributed by atoms with Gasteiger partial charge in [-0.15, -0.1) is 0 Å². The minimum atomic E-state index is -2.18. The van der Waals surface area contributed by atoms with Gasteiger partial charge in [0.15, 0.2) is 11.5 Å². The Hall–Kier alpha value is -3.10. The van der Waals surface area contributed by atoms with E-state index < -0.39 is 41.0 Å². The molecule has 0 aliphatic rings. The molecule has 0 saturated carbocycles. The second kappa shape index (κ2) is 6.80. The molecular formula is C17H17NO7. The number of nitrogens with zero attached hydrogens (tertiary/aromatic N) is 1. The maximum Gasteiger partial charge on any atom is 0.313 e. The topological polar surface area (TPSA) is 139 Å². The molecule has 0 bridgehead atoms. The molecule has 25 heavy (non-hydrogen) atoms. The molecule has 2 rings (SSSR count). The number of hydrogen-bond donors (Lipinski definition) is 5. The molecule has 0 aromatic heterocycles. The van der Waals surface area contributed by atoms with E-state index in [1.807, 2.05) is 0 Å². The number of ketones is 1. The molecule has 1 amide bonds. The van der Waals surface area contributed by atoms with Gasteiger partial charge in [-0.3, -0.25) is 14.8 Å². The first-order chi connectivity index (χ1) is 11.7. The van der Waals surface area contributed by atoms with Crippen LogP contribution in [0, 0.1) is 0 Å². The van der Waals surface area contributed by atoms with Crippen molar-refractivity contribution in [2.45, 2.75) is 12.0 Å². The second-order valence-corrected chi connectivity index (χ2v) is 5.48. The van der Waals surface area contributed by atoms with Crippen molar-refractivity contribution in [2.24, 2.45) is 0 Å². The van der Waals surface area contributed by atoms with Crippen LogP contribution in [0.2, 0.25) is 0 Å². The minimum absolute atomic E-state index is 0.0852. The summed E-state index contributed by atoms with van der Waals surface area (Å²) in [7, 11) is 0.964. The normalized spacial score (nSPS) is 13.1. The lowest BCUT2D eigenvalue weighted by Crippen LogP contribution is -2.37. The average Bonchev–Trinajstić information content (AvgIpc) is 2.59. The van der Waals surface area contributed by atoms with Crippen LogP contribution in [0.15, 0.2) is 42.5 Å². The summed E-state index contributed by atoms with van der Waals surface area (Å²) in [5.74, 6) is -4.69. The van der Waals surface area contributed by atoms with Crippen molar-refractivity contribution >= 4 is 11.7 Å². The van der Waals surface area contributed by atoms with Crippen molar-refractivity contribution in [1.82, 2.24) is 5.06 Å². The molecule has 0 aliphatic heterocycles. The highest BCUT2D eigenvalue weighted by Gasteiger charge is 2.39. The first-order valence-electron chi connectivity index (χ1n) is 7.20. The Morgan fingerprint density at radius 2 is 1.60 bits per heavy atom. The number of phenolic OH excluding ortho intramolecular Hbond substituents is 3. The van der Waals surface area contributed by atoms with E-state index in [-0.39, 0.29) is 16.2 Å². The van der Waals surface area contributed by atoms with E-state index in [2.05, 4.69) is 0 Å². The van der Waals surface area contributed by atoms with E-state index in [4.69, 9.17) is 5.21 Å². The number of hydroxylamine groups is 2. The monoisotopic (exact) mass is 347 g/mol. The molecule has 0 spiro atoms. The number of aromatic hydroxyl groups is 3. The van der Waals surface area contributed by atoms with Gasteiger partial charge in [0.1, 0.15) is 5.60 Å². The van der Waals surface area contributed by atoms with Crippen LogP contribution < -0.4 is 0 Å². The molecule has 8 nitrogen and oxygen atoms in total. The van der Waals surface area contributed by atoms with Gasteiger partial charge < -0.3 is 20.4 Å². The van der Waals surface area contributed by atoms with Gasteiger partial charge in [0.05, 0.1) is 6.42 Å². The van der Waals surface area contributed by atoms with E-state index in [9.17, 15) is 30.0 Å². The maximum absolute atomic E-state index is 12.1. The second-order valence-electron chi connectivity index (χ2n) is 5.48. The van der Waals surface area contributed by atoms with Gasteiger partial charge in [-0.05, 0) is 17.7 Å². The molecular weight excluding hydrogens is 330 g/mol. The molecule has 5 N–H and O–H groups in total. The van der Waals surface area contributed by atoms with E-state index in [0.717, 1.165) is 19.2 Å². The molecule has 0 radical (unpaired) electrons. The third-order valence-corrected chi connectivity index (χ3v) is 3.78. The van der Waals surface area contributed by atoms with Crippen LogP contribution in [0.25, 0.3) is 0 Å². The van der Waals surface area contributed by atoms with Gasteiger partial charge in [-0.1, -0.05) is 30.3 Å². The van der Waals surface area contributed by atoms with Crippen LogP contribution in [0.4, 0.5) is 0 Å². The van der Waals surface area contributed by atoms with Gasteiger partial charge in [-0.2, -0.15) is 0 Å². The lowest BCUT2D eigenvalue weighted by Gasteiger charge is -2.29. The van der Waals surface area contributed by atoms with Crippen molar-refractivity contribution in [2.75, 3.05) is 7.05 Å². The zero-order valence-electron chi connectivity index (χ0n) is 13.2. The zero-order valence-corrected chi connectivity index (χ0v) is 13.2. The molecule has 1 atom stereocenters. The molecule has 2 aromatic carbocycles. The zero-order chi connectivity index (χ0) is 18.8. The van der Waals surface area contributed by atoms with Crippen LogP contribution in [-0.2, 0) is 15.2 Å². The molecule has 0 fully saturated rings. The lowest BCUT2D eigenvalue weighted by molar-refractivity contribution is -0.166. The molecule has 8 heteroatoms. The Labute approximate surface area is 142 Å². The van der Waals surface area contributed by atoms with Crippen LogP contribution in [0.3, 0.4) is 0 Å². The molecule has 132 valence electrons. The minimum Gasteiger partial charge on any atom is -0.504 e. The van der Waals surface area contributed by atoms with Gasteiger partial charge in [-0.25, -0.2) is 5.06 Å². The number of carbonyl (C=O) groups is 2. The smallest absolute Gasteiger partial charge is 0.313 e. The highest BCUT2D eigenvalue weighted by Crippen LogP contribution is 2.45. The lowest BCUT2D eigenvalue weighted by atomic mass is 9.81. The van der Waals surface area contributed by atoms with E-state index in [1.165, 1.54) is 12.1 Å². The van der Waals surface area contributed by atoms with Crippen LogP contribution in [0.5, 0.6) is 17.2 Å². The Kier molecular flexibility index (Phi) is 4.96. The number of rotatable bonds is 5. The predicted molar refractivity (Wildman–Crippen MR) is 85.1 cm³/mol. The summed E-state index contributed by atoms with van der Waals surface area (Å²) in [6.07, 6.45) is -0.807. The van der Waals surface area contributed by atoms with Crippen LogP contribution >= 0.6 is 0 Å². The quantitative estimate of drug-likeness (QED) is 0.234. The highest BCUT2D eigenvalue weighted by molar-refractivity contribution is 6.35. The summed E-state index contributed by atoms with van der Waals surface area (Å²) in [6, 6.07) is 9.88. The number of carbonyl (C=O) groups excluding carboxylic acids is 2. The maximum atomic E-state index is 12.1. The summed E-state index contributed by atoms with van der Waals surface area (Å²) in [6.45, 7) is 0. The Balaban J connectivity index is 2.61. The summed E-state index contributed by atoms with van der Waals surface area (Å²) in [4.78, 5) is 23.8. The Bertz CT molecular complexity index is 804. The fourth-order valence-electron chi connectivity index (χ4n) is 2.46. The number of benzene rings is 2. The van der Waals surface area contributed by atoms with Gasteiger partial charge in [0, 0.05) is 12.6 Å². The fourth-order valence-corrected chi connectivity index (χ4v) is 2.46. The SMILES string of the molecule is CN(O)C(=O)C(=O)CC(O)(c1ccccc1)c1ccc(O)c(O)c1O. The standard InChI is InChI=1S/C17H17NO7/c1-18(25)16(23)13(20)9-17(24,10-5-3-2-4-6-10)11-7-8-12(19)15(22)14(11)21/h2-8,19,21-22,24-25H,9H2,1H3. The van der Waals surface area contributed by atoms with Gasteiger partial charge in [0.2, 0.25) is 11.5 Å². The molecule has 2 aromatic rings. The van der Waals surface area contributed by atoms with Crippen LogP contribution in [0.1, 0.15) is 17.5 Å². The summed E-state index contributed by atoms with van der Waals surface area (Å²) >= 11 is 0. The first kappa shape index (κ1) is 18.2. The third kappa shape index (κ3) is 3.39. The molecule has 0 saturated heterocycles. The van der Waals surface area contributed by atoms with E-state index in [1.54, 1.807) is 18.2 Å². The predicted octanol–water partition coefficient (Wildman–Crippen LogP) is 0.846. The van der Waals surface area contributed by atoms with E-state index in [0.29, 0.717) is 0 Å². The van der Waals surface area contributed by atoms with Crippen molar-refractivity contribution in [1.29, 1.82) is 0 Å². The van der Waals surface area contributed by atoms with Crippen molar-refractivity contribution < 1.29 is 35.2 Å². The fraction of sp³-hybridized carbons (Fsp3) is 0.176. The van der Waals surface area contributed by atoms with Crippen molar-refractivity contribution in [3.8, 4) is 17.2 Å². The molecule has 1 unspecified atom stereocenters. The number of Topliss-reactive ketones (excluding diaryl/α,β-unsaturated/α-hetero) is 1. The Morgan fingerprint density at radius 1 is 1.00 bits per heavy atom. The van der Waals surface area contributed by atoms with E-state index >= 15 is 0 Å². The molecule has 0 heterocycles. The number of amides is 1. The highest BCUT2D eigenvalue weighted by atomic mass is 16.5.